The van der Waals surface area contributed by atoms with Crippen molar-refractivity contribution in [1.29, 1.82) is 0 Å². The Hall–Kier alpha value is -2.26. The minimum Gasteiger partial charge on any atom is -0.611 e. The predicted octanol–water partition coefficient (Wildman–Crippen LogP) is 4.20. The minimum absolute atomic E-state index is 0.0244. The molecule has 0 aromatic heterocycles. The van der Waals surface area contributed by atoms with Gasteiger partial charge in [0, 0.05) is 18.2 Å². The number of hydrogen-bond acceptors (Lipinski definition) is 4. The lowest BCUT2D eigenvalue weighted by molar-refractivity contribution is -0.106. The van der Waals surface area contributed by atoms with Crippen LogP contribution in [-0.2, 0) is 22.5 Å². The van der Waals surface area contributed by atoms with Crippen molar-refractivity contribution in [1.82, 2.24) is 0 Å². The standard InChI is InChI=1S/C18H17F4NO3S/c1-11-7-14(19)15(8-16(11)27(25)10-18(20,21)22)23-9-12-5-3-4-6-13(12)17(24)26-2/h3-8,23H,9-10H2,1-2H3. The van der Waals surface area contributed by atoms with E-state index in [2.05, 4.69) is 10.1 Å². The molecule has 146 valence electrons. The van der Waals surface area contributed by atoms with Gasteiger partial charge < -0.3 is 14.6 Å². The number of anilines is 1. The Labute approximate surface area is 156 Å². The maximum Gasteiger partial charge on any atom is 0.433 e. The molecule has 27 heavy (non-hydrogen) atoms. The summed E-state index contributed by atoms with van der Waals surface area (Å²) < 4.78 is 68.3. The molecule has 2 rings (SSSR count). The van der Waals surface area contributed by atoms with E-state index in [4.69, 9.17) is 0 Å². The van der Waals surface area contributed by atoms with E-state index in [-0.39, 0.29) is 28.3 Å². The third-order valence-electron chi connectivity index (χ3n) is 3.70. The lowest BCUT2D eigenvalue weighted by Gasteiger charge is -2.17. The topological polar surface area (TPSA) is 61.4 Å². The number of halogens is 4. The third-order valence-corrected chi connectivity index (χ3v) is 5.22. The van der Waals surface area contributed by atoms with Gasteiger partial charge in [-0.05, 0) is 35.8 Å². The first-order chi connectivity index (χ1) is 12.6. The van der Waals surface area contributed by atoms with E-state index in [1.54, 1.807) is 18.2 Å². The first-order valence-electron chi connectivity index (χ1n) is 7.77. The summed E-state index contributed by atoms with van der Waals surface area (Å²) in [5.41, 5.74) is 0.851. The summed E-state index contributed by atoms with van der Waals surface area (Å²) >= 11 is -2.35. The molecule has 2 aromatic carbocycles. The SMILES string of the molecule is COC(=O)c1ccccc1CNc1cc([S+]([O-])CC(F)(F)F)c(C)cc1F. The first kappa shape index (κ1) is 21.0. The zero-order valence-electron chi connectivity index (χ0n) is 14.5. The highest BCUT2D eigenvalue weighted by Crippen LogP contribution is 2.29. The highest BCUT2D eigenvalue weighted by Gasteiger charge is 2.36. The summed E-state index contributed by atoms with van der Waals surface area (Å²) in [5, 5.41) is 2.74. The van der Waals surface area contributed by atoms with Crippen molar-refractivity contribution in [2.24, 2.45) is 0 Å². The smallest absolute Gasteiger partial charge is 0.433 e. The second-order valence-corrected chi connectivity index (χ2v) is 7.12. The molecule has 0 aliphatic rings. The molecule has 0 saturated heterocycles. The molecule has 2 aromatic rings. The van der Waals surface area contributed by atoms with Crippen molar-refractivity contribution in [3.8, 4) is 0 Å². The van der Waals surface area contributed by atoms with Gasteiger partial charge in [-0.25, -0.2) is 9.18 Å². The molecule has 4 nitrogen and oxygen atoms in total. The molecule has 0 heterocycles. The quantitative estimate of drug-likeness (QED) is 0.446. The molecule has 0 bridgehead atoms. The monoisotopic (exact) mass is 403 g/mol. The van der Waals surface area contributed by atoms with Crippen LogP contribution < -0.4 is 5.32 Å². The second kappa shape index (κ2) is 8.62. The van der Waals surface area contributed by atoms with Crippen LogP contribution in [0.2, 0.25) is 0 Å². The van der Waals surface area contributed by atoms with Crippen LogP contribution in [0.5, 0.6) is 0 Å². The molecule has 0 amide bonds. The Kier molecular flexibility index (Phi) is 6.72. The van der Waals surface area contributed by atoms with Crippen molar-refractivity contribution in [2.75, 3.05) is 18.2 Å². The van der Waals surface area contributed by atoms with Crippen LogP contribution in [0, 0.1) is 12.7 Å². The fourth-order valence-corrected chi connectivity index (χ4v) is 3.55. The van der Waals surface area contributed by atoms with Crippen LogP contribution in [0.3, 0.4) is 0 Å². The number of benzene rings is 2. The highest BCUT2D eigenvalue weighted by molar-refractivity contribution is 7.91. The number of methoxy groups -OCH3 is 1. The first-order valence-corrected chi connectivity index (χ1v) is 9.09. The van der Waals surface area contributed by atoms with E-state index < -0.39 is 34.9 Å². The Morgan fingerprint density at radius 2 is 1.93 bits per heavy atom. The number of aryl methyl sites for hydroxylation is 1. The maximum absolute atomic E-state index is 14.2. The van der Waals surface area contributed by atoms with Crippen LogP contribution in [0.1, 0.15) is 21.5 Å². The number of nitrogens with one attached hydrogen (secondary N) is 1. The zero-order valence-corrected chi connectivity index (χ0v) is 15.3. The molecule has 0 spiro atoms. The zero-order chi connectivity index (χ0) is 20.2. The Bertz CT molecular complexity index is 827. The fourth-order valence-electron chi connectivity index (χ4n) is 2.43. The lowest BCUT2D eigenvalue weighted by atomic mass is 10.1. The number of hydrogen-bond donors (Lipinski definition) is 1. The van der Waals surface area contributed by atoms with Gasteiger partial charge in [0.05, 0.1) is 18.4 Å². The number of alkyl halides is 3. The van der Waals surface area contributed by atoms with Gasteiger partial charge in [-0.15, -0.1) is 0 Å². The molecule has 1 N–H and O–H groups in total. The molecular weight excluding hydrogens is 386 g/mol. The van der Waals surface area contributed by atoms with E-state index in [0.717, 1.165) is 12.1 Å². The fraction of sp³-hybridized carbons (Fsp3) is 0.278. The summed E-state index contributed by atoms with van der Waals surface area (Å²) in [6.45, 7) is 1.42. The van der Waals surface area contributed by atoms with E-state index in [1.807, 2.05) is 0 Å². The number of rotatable bonds is 6. The average molecular weight is 403 g/mol. The maximum atomic E-state index is 14.2. The summed E-state index contributed by atoms with van der Waals surface area (Å²) in [5.74, 6) is -2.77. The molecular formula is C18H17F4NO3S. The van der Waals surface area contributed by atoms with Crippen LogP contribution in [0.25, 0.3) is 0 Å². The van der Waals surface area contributed by atoms with Crippen molar-refractivity contribution >= 4 is 22.8 Å². The van der Waals surface area contributed by atoms with Gasteiger partial charge in [-0.3, -0.25) is 0 Å². The normalized spacial score (nSPS) is 12.6. The summed E-state index contributed by atoms with van der Waals surface area (Å²) in [6.07, 6.45) is -4.60. The summed E-state index contributed by atoms with van der Waals surface area (Å²) in [6, 6.07) is 8.62. The van der Waals surface area contributed by atoms with Gasteiger partial charge in [0.25, 0.3) is 0 Å². The summed E-state index contributed by atoms with van der Waals surface area (Å²) in [7, 11) is 1.23. The van der Waals surface area contributed by atoms with Crippen molar-refractivity contribution in [2.45, 2.75) is 24.5 Å². The van der Waals surface area contributed by atoms with E-state index in [0.29, 0.717) is 5.56 Å². The Morgan fingerprint density at radius 1 is 1.26 bits per heavy atom. The van der Waals surface area contributed by atoms with E-state index in [9.17, 15) is 26.9 Å². The van der Waals surface area contributed by atoms with Gasteiger partial charge in [-0.2, -0.15) is 13.2 Å². The van der Waals surface area contributed by atoms with Gasteiger partial charge in [0.15, 0.2) is 4.90 Å². The van der Waals surface area contributed by atoms with Crippen LogP contribution in [0.4, 0.5) is 23.2 Å². The molecule has 0 fully saturated rings. The minimum atomic E-state index is -4.60. The predicted molar refractivity (Wildman–Crippen MR) is 93.6 cm³/mol. The van der Waals surface area contributed by atoms with Crippen LogP contribution in [-0.4, -0.2) is 29.6 Å². The van der Waals surface area contributed by atoms with Crippen LogP contribution >= 0.6 is 0 Å². The summed E-state index contributed by atoms with van der Waals surface area (Å²) in [4.78, 5) is 11.7. The molecule has 1 unspecified atom stereocenters. The van der Waals surface area contributed by atoms with Crippen LogP contribution in [0.15, 0.2) is 41.3 Å². The number of carbonyl (C=O) groups is 1. The van der Waals surface area contributed by atoms with Gasteiger partial charge in [0.2, 0.25) is 5.75 Å². The van der Waals surface area contributed by atoms with Crippen molar-refractivity contribution in [3.05, 3.63) is 58.9 Å². The lowest BCUT2D eigenvalue weighted by Crippen LogP contribution is -2.23. The molecule has 0 radical (unpaired) electrons. The number of ether oxygens (including phenoxy) is 1. The molecule has 0 aliphatic carbocycles. The Morgan fingerprint density at radius 3 is 2.56 bits per heavy atom. The number of carbonyl (C=O) groups excluding carboxylic acids is 1. The average Bonchev–Trinajstić information content (AvgIpc) is 2.59. The largest absolute Gasteiger partial charge is 0.611 e. The number of esters is 1. The third kappa shape index (κ3) is 5.61. The molecule has 0 saturated carbocycles. The molecule has 0 aliphatic heterocycles. The highest BCUT2D eigenvalue weighted by atomic mass is 32.2. The van der Waals surface area contributed by atoms with Crippen molar-refractivity contribution in [3.63, 3.8) is 0 Å². The van der Waals surface area contributed by atoms with E-state index in [1.165, 1.54) is 20.1 Å². The molecule has 1 atom stereocenters. The van der Waals surface area contributed by atoms with Gasteiger partial charge in [-0.1, -0.05) is 18.2 Å². The van der Waals surface area contributed by atoms with Gasteiger partial charge in [0.1, 0.15) is 5.82 Å². The molecule has 9 heteroatoms. The van der Waals surface area contributed by atoms with Crippen molar-refractivity contribution < 1.29 is 31.6 Å². The second-order valence-electron chi connectivity index (χ2n) is 5.70. The van der Waals surface area contributed by atoms with E-state index >= 15 is 0 Å². The van der Waals surface area contributed by atoms with Gasteiger partial charge >= 0.3 is 12.1 Å². The Balaban J connectivity index is 2.25.